The standard InChI is InChI=1S/C14H18S/c1-15-14-10-8-13(9-11-14)7-6-12-4-2-3-5-12/h6-12H,2-5H2,1H3. The number of hydrogen-bond donors (Lipinski definition) is 0. The highest BCUT2D eigenvalue weighted by molar-refractivity contribution is 7.98. The summed E-state index contributed by atoms with van der Waals surface area (Å²) < 4.78 is 0. The van der Waals surface area contributed by atoms with Gasteiger partial charge in [0.05, 0.1) is 0 Å². The highest BCUT2D eigenvalue weighted by atomic mass is 32.2. The molecule has 0 atom stereocenters. The summed E-state index contributed by atoms with van der Waals surface area (Å²) in [6.45, 7) is 0. The van der Waals surface area contributed by atoms with Crippen LogP contribution in [0.25, 0.3) is 6.08 Å². The van der Waals surface area contributed by atoms with Gasteiger partial charge in [-0.3, -0.25) is 0 Å². The lowest BCUT2D eigenvalue weighted by Crippen LogP contribution is -1.85. The first-order valence-electron chi connectivity index (χ1n) is 5.71. The Balaban J connectivity index is 1.97. The van der Waals surface area contributed by atoms with Crippen LogP contribution >= 0.6 is 11.8 Å². The highest BCUT2D eigenvalue weighted by Gasteiger charge is 2.10. The summed E-state index contributed by atoms with van der Waals surface area (Å²) in [5.41, 5.74) is 1.33. The molecule has 0 heterocycles. The minimum atomic E-state index is 0.838. The Morgan fingerprint density at radius 3 is 2.40 bits per heavy atom. The second-order valence-electron chi connectivity index (χ2n) is 4.18. The van der Waals surface area contributed by atoms with Gasteiger partial charge >= 0.3 is 0 Å². The van der Waals surface area contributed by atoms with E-state index in [9.17, 15) is 0 Å². The fourth-order valence-corrected chi connectivity index (χ4v) is 2.52. The van der Waals surface area contributed by atoms with E-state index < -0.39 is 0 Å². The van der Waals surface area contributed by atoms with Crippen molar-refractivity contribution in [2.24, 2.45) is 5.92 Å². The summed E-state index contributed by atoms with van der Waals surface area (Å²) in [5, 5.41) is 0. The van der Waals surface area contributed by atoms with Crippen molar-refractivity contribution in [3.05, 3.63) is 35.9 Å². The molecule has 1 aliphatic carbocycles. The molecule has 1 aromatic rings. The zero-order valence-corrected chi connectivity index (χ0v) is 10.1. The molecule has 1 fully saturated rings. The topological polar surface area (TPSA) is 0 Å². The summed E-state index contributed by atoms with van der Waals surface area (Å²) >= 11 is 1.80. The van der Waals surface area contributed by atoms with Crippen molar-refractivity contribution in [3.8, 4) is 0 Å². The molecule has 80 valence electrons. The number of benzene rings is 1. The monoisotopic (exact) mass is 218 g/mol. The zero-order valence-electron chi connectivity index (χ0n) is 9.28. The minimum Gasteiger partial charge on any atom is -0.130 e. The lowest BCUT2D eigenvalue weighted by molar-refractivity contribution is 0.689. The van der Waals surface area contributed by atoms with E-state index in [1.807, 2.05) is 0 Å². The first-order chi connectivity index (χ1) is 7.38. The molecule has 1 heteroatoms. The molecule has 0 spiro atoms. The molecule has 1 aromatic carbocycles. The Morgan fingerprint density at radius 1 is 1.13 bits per heavy atom. The Bertz CT molecular complexity index is 318. The second kappa shape index (κ2) is 5.41. The average molecular weight is 218 g/mol. The van der Waals surface area contributed by atoms with Crippen LogP contribution in [-0.2, 0) is 0 Å². The number of allylic oxidation sites excluding steroid dienone is 1. The van der Waals surface area contributed by atoms with Gasteiger partial charge in [0.1, 0.15) is 0 Å². The molecule has 0 radical (unpaired) electrons. The maximum absolute atomic E-state index is 2.39. The largest absolute Gasteiger partial charge is 0.130 e. The maximum Gasteiger partial charge on any atom is 0.00695 e. The molecule has 0 aliphatic heterocycles. The molecular weight excluding hydrogens is 200 g/mol. The van der Waals surface area contributed by atoms with E-state index in [2.05, 4.69) is 42.7 Å². The van der Waals surface area contributed by atoms with Crippen molar-refractivity contribution in [2.45, 2.75) is 30.6 Å². The molecule has 0 saturated heterocycles. The summed E-state index contributed by atoms with van der Waals surface area (Å²) in [5.74, 6) is 0.838. The van der Waals surface area contributed by atoms with Gasteiger partial charge < -0.3 is 0 Å². The van der Waals surface area contributed by atoms with Crippen LogP contribution in [0.5, 0.6) is 0 Å². The van der Waals surface area contributed by atoms with E-state index in [1.165, 1.54) is 36.1 Å². The maximum atomic E-state index is 2.39. The van der Waals surface area contributed by atoms with E-state index in [4.69, 9.17) is 0 Å². The molecule has 2 rings (SSSR count). The van der Waals surface area contributed by atoms with E-state index >= 15 is 0 Å². The third-order valence-electron chi connectivity index (χ3n) is 3.08. The fraction of sp³-hybridized carbons (Fsp3) is 0.429. The Kier molecular flexibility index (Phi) is 3.90. The van der Waals surface area contributed by atoms with Crippen molar-refractivity contribution in [2.75, 3.05) is 6.26 Å². The Hall–Kier alpha value is -0.690. The zero-order chi connectivity index (χ0) is 10.5. The number of thioether (sulfide) groups is 1. The predicted octanol–water partition coefficient (Wildman–Crippen LogP) is 4.61. The van der Waals surface area contributed by atoms with Gasteiger partial charge in [-0.05, 0) is 42.7 Å². The summed E-state index contributed by atoms with van der Waals surface area (Å²) in [6, 6.07) is 8.80. The van der Waals surface area contributed by atoms with Gasteiger partial charge in [0.15, 0.2) is 0 Å². The summed E-state index contributed by atoms with van der Waals surface area (Å²) in [6.07, 6.45) is 12.4. The normalized spacial score (nSPS) is 17.7. The highest BCUT2D eigenvalue weighted by Crippen LogP contribution is 2.26. The van der Waals surface area contributed by atoms with Crippen LogP contribution in [-0.4, -0.2) is 6.26 Å². The van der Waals surface area contributed by atoms with Crippen LogP contribution in [0.2, 0.25) is 0 Å². The number of hydrogen-bond acceptors (Lipinski definition) is 1. The van der Waals surface area contributed by atoms with E-state index in [-0.39, 0.29) is 0 Å². The van der Waals surface area contributed by atoms with Crippen LogP contribution in [0.15, 0.2) is 35.2 Å². The molecule has 15 heavy (non-hydrogen) atoms. The molecular formula is C14H18S. The number of rotatable bonds is 3. The van der Waals surface area contributed by atoms with Gasteiger partial charge in [0, 0.05) is 4.90 Å². The predicted molar refractivity (Wildman–Crippen MR) is 69.2 cm³/mol. The van der Waals surface area contributed by atoms with Crippen LogP contribution in [0.3, 0.4) is 0 Å². The molecule has 0 aromatic heterocycles. The SMILES string of the molecule is CSc1ccc(C=CC2CCCC2)cc1. The van der Waals surface area contributed by atoms with Gasteiger partial charge in [0.25, 0.3) is 0 Å². The second-order valence-corrected chi connectivity index (χ2v) is 5.06. The van der Waals surface area contributed by atoms with Crippen molar-refractivity contribution < 1.29 is 0 Å². The Labute approximate surface area is 96.8 Å². The van der Waals surface area contributed by atoms with E-state index in [1.54, 1.807) is 11.8 Å². The molecule has 0 bridgehead atoms. The van der Waals surface area contributed by atoms with Gasteiger partial charge in [-0.25, -0.2) is 0 Å². The minimum absolute atomic E-state index is 0.838. The van der Waals surface area contributed by atoms with Gasteiger partial charge in [-0.2, -0.15) is 0 Å². The van der Waals surface area contributed by atoms with Crippen molar-refractivity contribution in [1.82, 2.24) is 0 Å². The van der Waals surface area contributed by atoms with E-state index in [0.29, 0.717) is 0 Å². The van der Waals surface area contributed by atoms with Crippen LogP contribution in [0, 0.1) is 5.92 Å². The molecule has 0 N–H and O–H groups in total. The van der Waals surface area contributed by atoms with Crippen LogP contribution in [0.1, 0.15) is 31.2 Å². The van der Waals surface area contributed by atoms with Crippen molar-refractivity contribution in [1.29, 1.82) is 0 Å². The van der Waals surface area contributed by atoms with Crippen LogP contribution in [0.4, 0.5) is 0 Å². The fourth-order valence-electron chi connectivity index (χ4n) is 2.11. The average Bonchev–Trinajstić information content (AvgIpc) is 2.80. The van der Waals surface area contributed by atoms with Gasteiger partial charge in [-0.1, -0.05) is 37.1 Å². The first kappa shape index (κ1) is 10.8. The Morgan fingerprint density at radius 2 is 1.80 bits per heavy atom. The smallest absolute Gasteiger partial charge is 0.00695 e. The van der Waals surface area contributed by atoms with Gasteiger partial charge in [0.2, 0.25) is 0 Å². The van der Waals surface area contributed by atoms with Gasteiger partial charge in [-0.15, -0.1) is 11.8 Å². The quantitative estimate of drug-likeness (QED) is 0.667. The third-order valence-corrected chi connectivity index (χ3v) is 3.82. The third kappa shape index (κ3) is 3.13. The van der Waals surface area contributed by atoms with Crippen molar-refractivity contribution in [3.63, 3.8) is 0 Å². The molecule has 0 amide bonds. The van der Waals surface area contributed by atoms with E-state index in [0.717, 1.165) is 5.92 Å². The van der Waals surface area contributed by atoms with Crippen molar-refractivity contribution >= 4 is 17.8 Å². The molecule has 1 saturated carbocycles. The summed E-state index contributed by atoms with van der Waals surface area (Å²) in [7, 11) is 0. The lowest BCUT2D eigenvalue weighted by atomic mass is 10.1. The molecule has 0 unspecified atom stereocenters. The lowest BCUT2D eigenvalue weighted by Gasteiger charge is -2.01. The first-order valence-corrected chi connectivity index (χ1v) is 6.93. The summed E-state index contributed by atoms with van der Waals surface area (Å²) in [4.78, 5) is 1.34. The molecule has 1 aliphatic rings. The van der Waals surface area contributed by atoms with Crippen LogP contribution < -0.4 is 0 Å². The molecule has 0 nitrogen and oxygen atoms in total.